The third-order valence-electron chi connectivity index (χ3n) is 1.87. The van der Waals surface area contributed by atoms with Crippen LogP contribution in [-0.2, 0) is 16.0 Å². The van der Waals surface area contributed by atoms with E-state index in [1.54, 1.807) is 0 Å². The largest absolute Gasteiger partial charge is 0.464 e. The summed E-state index contributed by atoms with van der Waals surface area (Å²) in [5.74, 6) is -0.562. The molecule has 7 nitrogen and oxygen atoms in total. The number of ether oxygens (including phenoxy) is 2. The van der Waals surface area contributed by atoms with Crippen LogP contribution in [-0.4, -0.2) is 47.8 Å². The molecule has 0 radical (unpaired) electrons. The number of carbonyl (C=O) groups is 1. The van der Waals surface area contributed by atoms with Gasteiger partial charge in [-0.05, 0) is 0 Å². The summed E-state index contributed by atoms with van der Waals surface area (Å²) >= 11 is 0. The van der Waals surface area contributed by atoms with Crippen LogP contribution in [0, 0.1) is 0 Å². The Kier molecular flexibility index (Phi) is 4.74. The molecule has 1 rings (SSSR count). The average Bonchev–Trinajstić information content (AvgIpc) is 2.65. The van der Waals surface area contributed by atoms with E-state index in [0.29, 0.717) is 13.2 Å². The fourth-order valence-corrected chi connectivity index (χ4v) is 1.13. The third kappa shape index (κ3) is 3.21. The number of carbonyl (C=O) groups excluding carboxylic acids is 1. The predicted molar refractivity (Wildman–Crippen MR) is 55.9 cm³/mol. The van der Waals surface area contributed by atoms with E-state index in [1.165, 1.54) is 18.0 Å². The fraction of sp³-hybridized carbons (Fsp3) is 0.556. The zero-order valence-electron chi connectivity index (χ0n) is 9.05. The average molecular weight is 229 g/mol. The summed E-state index contributed by atoms with van der Waals surface area (Å²) in [5, 5.41) is 12.4. The summed E-state index contributed by atoms with van der Waals surface area (Å²) in [6.45, 7) is 1.11. The van der Waals surface area contributed by atoms with Gasteiger partial charge in [0.25, 0.3) is 0 Å². The highest BCUT2D eigenvalue weighted by molar-refractivity contribution is 5.92. The van der Waals surface area contributed by atoms with Crippen molar-refractivity contribution >= 4 is 11.7 Å². The number of nitrogen functional groups attached to an aromatic ring is 1. The van der Waals surface area contributed by atoms with Crippen LogP contribution < -0.4 is 5.73 Å². The smallest absolute Gasteiger partial charge is 0.360 e. The van der Waals surface area contributed by atoms with Gasteiger partial charge in [0.15, 0.2) is 5.69 Å². The molecule has 0 saturated heterocycles. The van der Waals surface area contributed by atoms with Crippen LogP contribution in [0.2, 0.25) is 0 Å². The number of aromatic nitrogens is 2. The summed E-state index contributed by atoms with van der Waals surface area (Å²) in [5.41, 5.74) is 5.96. The molecule has 0 unspecified atom stereocenters. The Labute approximate surface area is 92.8 Å². The van der Waals surface area contributed by atoms with E-state index in [9.17, 15) is 4.79 Å². The molecule has 0 aliphatic rings. The van der Waals surface area contributed by atoms with Crippen molar-refractivity contribution in [2.75, 3.05) is 32.7 Å². The molecule has 7 heteroatoms. The topological polar surface area (TPSA) is 99.6 Å². The number of esters is 1. The highest BCUT2D eigenvalue weighted by atomic mass is 16.5. The Morgan fingerprint density at radius 1 is 1.62 bits per heavy atom. The van der Waals surface area contributed by atoms with Crippen LogP contribution in [0.25, 0.3) is 0 Å². The minimum absolute atomic E-state index is 0.0192. The van der Waals surface area contributed by atoms with Gasteiger partial charge in [-0.25, -0.2) is 4.79 Å². The second kappa shape index (κ2) is 6.09. The van der Waals surface area contributed by atoms with Crippen molar-refractivity contribution < 1.29 is 19.4 Å². The van der Waals surface area contributed by atoms with Crippen molar-refractivity contribution in [3.8, 4) is 0 Å². The standard InChI is InChI=1S/C9H15N3O4/c1-15-9(14)8-7(10)6-12(11-8)2-4-16-5-3-13/h6,13H,2-5,10H2,1H3. The van der Waals surface area contributed by atoms with E-state index < -0.39 is 5.97 Å². The number of hydrogen-bond acceptors (Lipinski definition) is 6. The molecular formula is C9H15N3O4. The minimum Gasteiger partial charge on any atom is -0.464 e. The maximum Gasteiger partial charge on any atom is 0.360 e. The summed E-state index contributed by atoms with van der Waals surface area (Å²) < 4.78 is 11.1. The second-order valence-electron chi connectivity index (χ2n) is 3.02. The molecule has 0 atom stereocenters. The first-order valence-electron chi connectivity index (χ1n) is 4.79. The van der Waals surface area contributed by atoms with E-state index in [-0.39, 0.29) is 24.6 Å². The van der Waals surface area contributed by atoms with Gasteiger partial charge in [0.1, 0.15) is 0 Å². The molecule has 1 aromatic heterocycles. The lowest BCUT2D eigenvalue weighted by Gasteiger charge is -2.01. The van der Waals surface area contributed by atoms with Crippen molar-refractivity contribution in [2.24, 2.45) is 0 Å². The second-order valence-corrected chi connectivity index (χ2v) is 3.02. The summed E-state index contributed by atoms with van der Waals surface area (Å²) in [6.07, 6.45) is 1.54. The van der Waals surface area contributed by atoms with Crippen LogP contribution in [0.3, 0.4) is 0 Å². The minimum atomic E-state index is -0.562. The lowest BCUT2D eigenvalue weighted by atomic mass is 10.4. The van der Waals surface area contributed by atoms with Crippen LogP contribution in [0.1, 0.15) is 10.5 Å². The number of anilines is 1. The first-order chi connectivity index (χ1) is 7.69. The van der Waals surface area contributed by atoms with Gasteiger partial charge in [-0.1, -0.05) is 0 Å². The Hall–Kier alpha value is -1.60. The Bertz CT molecular complexity index is 351. The number of hydrogen-bond donors (Lipinski definition) is 2. The van der Waals surface area contributed by atoms with Crippen LogP contribution in [0.5, 0.6) is 0 Å². The number of nitrogens with two attached hydrogens (primary N) is 1. The summed E-state index contributed by atoms with van der Waals surface area (Å²) in [7, 11) is 1.27. The molecule has 1 heterocycles. The molecule has 16 heavy (non-hydrogen) atoms. The van der Waals surface area contributed by atoms with Crippen molar-refractivity contribution in [1.29, 1.82) is 0 Å². The zero-order valence-corrected chi connectivity index (χ0v) is 9.05. The van der Waals surface area contributed by atoms with Crippen LogP contribution in [0.15, 0.2) is 6.20 Å². The molecule has 0 fully saturated rings. The Morgan fingerprint density at radius 2 is 2.38 bits per heavy atom. The number of methoxy groups -OCH3 is 1. The quantitative estimate of drug-likeness (QED) is 0.492. The molecule has 3 N–H and O–H groups in total. The van der Waals surface area contributed by atoms with Gasteiger partial charge in [0.2, 0.25) is 0 Å². The van der Waals surface area contributed by atoms with Crippen molar-refractivity contribution in [2.45, 2.75) is 6.54 Å². The van der Waals surface area contributed by atoms with Gasteiger partial charge in [0, 0.05) is 6.20 Å². The fourth-order valence-electron chi connectivity index (χ4n) is 1.13. The van der Waals surface area contributed by atoms with E-state index in [0.717, 1.165) is 0 Å². The van der Waals surface area contributed by atoms with E-state index in [2.05, 4.69) is 9.84 Å². The first kappa shape index (κ1) is 12.5. The number of aliphatic hydroxyl groups excluding tert-OH is 1. The van der Waals surface area contributed by atoms with Gasteiger partial charge in [0.05, 0.1) is 39.2 Å². The zero-order chi connectivity index (χ0) is 12.0. The third-order valence-corrected chi connectivity index (χ3v) is 1.87. The molecule has 0 bridgehead atoms. The predicted octanol–water partition coefficient (Wildman–Crippen LogP) is -0.739. The van der Waals surface area contributed by atoms with Gasteiger partial charge in [-0.15, -0.1) is 0 Å². The van der Waals surface area contributed by atoms with Gasteiger partial charge < -0.3 is 20.3 Å². The molecule has 0 saturated carbocycles. The monoisotopic (exact) mass is 229 g/mol. The molecule has 1 aromatic rings. The highest BCUT2D eigenvalue weighted by Crippen LogP contribution is 2.09. The van der Waals surface area contributed by atoms with Crippen LogP contribution in [0.4, 0.5) is 5.69 Å². The Balaban J connectivity index is 2.52. The molecule has 0 aliphatic heterocycles. The highest BCUT2D eigenvalue weighted by Gasteiger charge is 2.14. The SMILES string of the molecule is COC(=O)c1nn(CCOCCO)cc1N. The van der Waals surface area contributed by atoms with E-state index >= 15 is 0 Å². The molecule has 90 valence electrons. The molecular weight excluding hydrogens is 214 g/mol. The molecule has 0 aliphatic carbocycles. The van der Waals surface area contributed by atoms with Gasteiger partial charge in [-0.3, -0.25) is 4.68 Å². The first-order valence-corrected chi connectivity index (χ1v) is 4.79. The van der Waals surface area contributed by atoms with Gasteiger partial charge in [-0.2, -0.15) is 5.10 Å². The van der Waals surface area contributed by atoms with Crippen molar-refractivity contribution in [1.82, 2.24) is 9.78 Å². The van der Waals surface area contributed by atoms with Crippen molar-refractivity contribution in [3.05, 3.63) is 11.9 Å². The summed E-state index contributed by atoms with van der Waals surface area (Å²) in [4.78, 5) is 11.2. The lowest BCUT2D eigenvalue weighted by molar-refractivity contribution is 0.0592. The number of nitrogens with zero attached hydrogens (tertiary/aromatic N) is 2. The summed E-state index contributed by atoms with van der Waals surface area (Å²) in [6, 6.07) is 0. The molecule has 0 spiro atoms. The van der Waals surface area contributed by atoms with E-state index in [1.807, 2.05) is 0 Å². The van der Waals surface area contributed by atoms with E-state index in [4.69, 9.17) is 15.6 Å². The van der Waals surface area contributed by atoms with Crippen molar-refractivity contribution in [3.63, 3.8) is 0 Å². The Morgan fingerprint density at radius 3 is 3.00 bits per heavy atom. The normalized spacial score (nSPS) is 10.4. The number of aliphatic hydroxyl groups is 1. The van der Waals surface area contributed by atoms with Gasteiger partial charge >= 0.3 is 5.97 Å². The maximum atomic E-state index is 11.2. The molecule has 0 amide bonds. The maximum absolute atomic E-state index is 11.2. The number of rotatable bonds is 6. The van der Waals surface area contributed by atoms with Crippen LogP contribution >= 0.6 is 0 Å². The molecule has 0 aromatic carbocycles. The lowest BCUT2D eigenvalue weighted by Crippen LogP contribution is -2.10.